The summed E-state index contributed by atoms with van der Waals surface area (Å²) in [6.07, 6.45) is 3.31. The molecule has 7 heteroatoms. The van der Waals surface area contributed by atoms with Gasteiger partial charge in [0.05, 0.1) is 18.9 Å². The number of hydrogen-bond donors (Lipinski definition) is 1. The minimum Gasteiger partial charge on any atom is -0.497 e. The van der Waals surface area contributed by atoms with Crippen molar-refractivity contribution in [2.45, 2.75) is 52.0 Å². The number of benzene rings is 2. The van der Waals surface area contributed by atoms with E-state index in [0.717, 1.165) is 29.7 Å². The SMILES string of the molecule is COc1ccc([C@H](CC(C)C)NC(=O)C2CCN(S(=O)(=O)CCCc3ccccc3)CC2)cc1. The lowest BCUT2D eigenvalue weighted by atomic mass is 9.93. The van der Waals surface area contributed by atoms with Gasteiger partial charge in [-0.15, -0.1) is 0 Å². The van der Waals surface area contributed by atoms with Gasteiger partial charge in [-0.2, -0.15) is 0 Å². The first-order valence-electron chi connectivity index (χ1n) is 12.2. The van der Waals surface area contributed by atoms with Crippen LogP contribution in [0.1, 0.15) is 56.7 Å². The lowest BCUT2D eigenvalue weighted by Crippen LogP contribution is -2.44. The number of methoxy groups -OCH3 is 1. The molecule has 2 aromatic carbocycles. The Morgan fingerprint density at radius 3 is 2.29 bits per heavy atom. The molecule has 0 spiro atoms. The molecule has 34 heavy (non-hydrogen) atoms. The van der Waals surface area contributed by atoms with Gasteiger partial charge in [-0.3, -0.25) is 4.79 Å². The van der Waals surface area contributed by atoms with Crippen molar-refractivity contribution in [3.05, 3.63) is 65.7 Å². The van der Waals surface area contributed by atoms with Crippen molar-refractivity contribution in [1.82, 2.24) is 9.62 Å². The van der Waals surface area contributed by atoms with Crippen molar-refractivity contribution in [1.29, 1.82) is 0 Å². The molecule has 186 valence electrons. The maximum atomic E-state index is 13.1. The molecule has 0 aromatic heterocycles. The van der Waals surface area contributed by atoms with E-state index in [4.69, 9.17) is 4.74 Å². The van der Waals surface area contributed by atoms with Gasteiger partial charge in [-0.25, -0.2) is 12.7 Å². The fourth-order valence-corrected chi connectivity index (χ4v) is 6.04. The predicted octanol–water partition coefficient (Wildman–Crippen LogP) is 4.57. The van der Waals surface area contributed by atoms with Crippen molar-refractivity contribution < 1.29 is 17.9 Å². The van der Waals surface area contributed by atoms with E-state index in [2.05, 4.69) is 19.2 Å². The van der Waals surface area contributed by atoms with Gasteiger partial charge in [0.15, 0.2) is 0 Å². The highest BCUT2D eigenvalue weighted by molar-refractivity contribution is 7.89. The fourth-order valence-electron chi connectivity index (χ4n) is 4.50. The molecule has 0 radical (unpaired) electrons. The third kappa shape index (κ3) is 7.57. The molecule has 0 unspecified atom stereocenters. The van der Waals surface area contributed by atoms with Crippen LogP contribution in [0, 0.1) is 11.8 Å². The standard InChI is InChI=1S/C27H38N2O4S/c1-21(2)20-26(23-11-13-25(33-3)14-12-23)28-27(30)24-15-17-29(18-16-24)34(31,32)19-7-10-22-8-5-4-6-9-22/h4-6,8-9,11-14,21,24,26H,7,10,15-20H2,1-3H3,(H,28,30)/t26-/m0/s1. The zero-order chi connectivity index (χ0) is 24.6. The Hall–Kier alpha value is -2.38. The van der Waals surface area contributed by atoms with Gasteiger partial charge in [0, 0.05) is 19.0 Å². The number of sulfonamides is 1. The second kappa shape index (κ2) is 12.4. The number of nitrogens with zero attached hydrogens (tertiary/aromatic N) is 1. The van der Waals surface area contributed by atoms with Crippen LogP contribution < -0.4 is 10.1 Å². The number of hydrogen-bond acceptors (Lipinski definition) is 4. The summed E-state index contributed by atoms with van der Waals surface area (Å²) in [6.45, 7) is 5.10. The van der Waals surface area contributed by atoms with E-state index in [0.29, 0.717) is 38.3 Å². The summed E-state index contributed by atoms with van der Waals surface area (Å²) in [5.74, 6) is 1.21. The van der Waals surface area contributed by atoms with Gasteiger partial charge in [-0.1, -0.05) is 56.3 Å². The summed E-state index contributed by atoms with van der Waals surface area (Å²) in [7, 11) is -1.66. The molecule has 6 nitrogen and oxygen atoms in total. The molecule has 3 rings (SSSR count). The van der Waals surface area contributed by atoms with E-state index < -0.39 is 10.0 Å². The Morgan fingerprint density at radius 2 is 1.71 bits per heavy atom. The van der Waals surface area contributed by atoms with Crippen molar-refractivity contribution in [3.8, 4) is 5.75 Å². The fraction of sp³-hybridized carbons (Fsp3) is 0.519. The topological polar surface area (TPSA) is 75.7 Å². The van der Waals surface area contributed by atoms with E-state index >= 15 is 0 Å². The summed E-state index contributed by atoms with van der Waals surface area (Å²) < 4.78 is 32.4. The molecular formula is C27H38N2O4S. The minimum absolute atomic E-state index is 0.0163. The van der Waals surface area contributed by atoms with E-state index in [9.17, 15) is 13.2 Å². The number of nitrogens with one attached hydrogen (secondary N) is 1. The highest BCUT2D eigenvalue weighted by atomic mass is 32.2. The maximum absolute atomic E-state index is 13.1. The monoisotopic (exact) mass is 486 g/mol. The lowest BCUT2D eigenvalue weighted by Gasteiger charge is -2.32. The lowest BCUT2D eigenvalue weighted by molar-refractivity contribution is -0.127. The molecule has 0 bridgehead atoms. The number of aryl methyl sites for hydroxylation is 1. The average Bonchev–Trinajstić information content (AvgIpc) is 2.84. The Labute approximate surface area is 204 Å². The smallest absolute Gasteiger partial charge is 0.223 e. The zero-order valence-electron chi connectivity index (χ0n) is 20.6. The van der Waals surface area contributed by atoms with E-state index in [-0.39, 0.29) is 23.6 Å². The maximum Gasteiger partial charge on any atom is 0.223 e. The summed E-state index contributed by atoms with van der Waals surface area (Å²) in [6, 6.07) is 17.7. The third-order valence-electron chi connectivity index (χ3n) is 6.47. The van der Waals surface area contributed by atoms with Gasteiger partial charge < -0.3 is 10.1 Å². The van der Waals surface area contributed by atoms with Gasteiger partial charge in [0.25, 0.3) is 0 Å². The summed E-state index contributed by atoms with van der Waals surface area (Å²) in [4.78, 5) is 13.1. The second-order valence-electron chi connectivity index (χ2n) is 9.54. The molecular weight excluding hydrogens is 448 g/mol. The zero-order valence-corrected chi connectivity index (χ0v) is 21.4. The number of ether oxygens (including phenoxy) is 1. The molecule has 0 saturated carbocycles. The molecule has 1 aliphatic heterocycles. The minimum atomic E-state index is -3.30. The largest absolute Gasteiger partial charge is 0.497 e. The van der Waals surface area contributed by atoms with E-state index in [1.165, 1.54) is 0 Å². The summed E-state index contributed by atoms with van der Waals surface area (Å²) in [5, 5.41) is 3.23. The Morgan fingerprint density at radius 1 is 1.06 bits per heavy atom. The molecule has 1 aliphatic rings. The van der Waals surface area contributed by atoms with Gasteiger partial charge in [0.1, 0.15) is 5.75 Å². The van der Waals surface area contributed by atoms with Crippen LogP contribution in [0.4, 0.5) is 0 Å². The van der Waals surface area contributed by atoms with Crippen LogP contribution in [-0.4, -0.2) is 44.6 Å². The van der Waals surface area contributed by atoms with E-state index in [1.54, 1.807) is 11.4 Å². The van der Waals surface area contributed by atoms with Crippen molar-refractivity contribution in [3.63, 3.8) is 0 Å². The van der Waals surface area contributed by atoms with Crippen LogP contribution in [0.25, 0.3) is 0 Å². The average molecular weight is 487 g/mol. The second-order valence-corrected chi connectivity index (χ2v) is 11.6. The normalized spacial score (nSPS) is 16.4. The number of rotatable bonds is 11. The van der Waals surface area contributed by atoms with Gasteiger partial charge >= 0.3 is 0 Å². The number of piperidine rings is 1. The third-order valence-corrected chi connectivity index (χ3v) is 8.43. The van der Waals surface area contributed by atoms with Crippen LogP contribution >= 0.6 is 0 Å². The summed E-state index contributed by atoms with van der Waals surface area (Å²) >= 11 is 0. The molecule has 1 atom stereocenters. The highest BCUT2D eigenvalue weighted by Crippen LogP contribution is 2.26. The van der Waals surface area contributed by atoms with E-state index in [1.807, 2.05) is 54.6 Å². The molecule has 1 N–H and O–H groups in total. The first kappa shape index (κ1) is 26.2. The van der Waals surface area contributed by atoms with Crippen LogP contribution in [0.15, 0.2) is 54.6 Å². The first-order valence-corrected chi connectivity index (χ1v) is 13.9. The molecule has 2 aromatic rings. The molecule has 0 aliphatic carbocycles. The number of carbonyl (C=O) groups is 1. The first-order chi connectivity index (χ1) is 16.3. The molecule has 1 fully saturated rings. The molecule has 1 amide bonds. The van der Waals surface area contributed by atoms with Crippen LogP contribution in [0.3, 0.4) is 0 Å². The quantitative estimate of drug-likeness (QED) is 0.505. The Balaban J connectivity index is 1.51. The molecule has 1 heterocycles. The number of carbonyl (C=O) groups excluding carboxylic acids is 1. The van der Waals surface area contributed by atoms with Crippen LogP contribution in [-0.2, 0) is 21.2 Å². The van der Waals surface area contributed by atoms with Crippen molar-refractivity contribution in [2.75, 3.05) is 26.0 Å². The van der Waals surface area contributed by atoms with Crippen molar-refractivity contribution in [2.24, 2.45) is 11.8 Å². The van der Waals surface area contributed by atoms with Crippen LogP contribution in [0.2, 0.25) is 0 Å². The molecule has 1 saturated heterocycles. The Kier molecular flexibility index (Phi) is 9.54. The Bertz CT molecular complexity index is 999. The highest BCUT2D eigenvalue weighted by Gasteiger charge is 2.31. The predicted molar refractivity (Wildman–Crippen MR) is 136 cm³/mol. The summed E-state index contributed by atoms with van der Waals surface area (Å²) in [5.41, 5.74) is 2.21. The van der Waals surface area contributed by atoms with Gasteiger partial charge in [0.2, 0.25) is 15.9 Å². The van der Waals surface area contributed by atoms with Crippen molar-refractivity contribution >= 4 is 15.9 Å². The van der Waals surface area contributed by atoms with Gasteiger partial charge in [-0.05, 0) is 61.3 Å². The number of amides is 1. The van der Waals surface area contributed by atoms with Crippen LogP contribution in [0.5, 0.6) is 5.75 Å².